The average Bonchev–Trinajstić information content (AvgIpc) is 2.99. The third-order valence-electron chi connectivity index (χ3n) is 3.57. The lowest BCUT2D eigenvalue weighted by molar-refractivity contribution is 0.0913. The van der Waals surface area contributed by atoms with Gasteiger partial charge >= 0.3 is 0 Å². The molecule has 3 rings (SSSR count). The Labute approximate surface area is 129 Å². The monoisotopic (exact) mass is 294 g/mol. The van der Waals surface area contributed by atoms with Gasteiger partial charge in [-0.3, -0.25) is 4.79 Å². The van der Waals surface area contributed by atoms with Gasteiger partial charge in [0.15, 0.2) is 0 Å². The van der Waals surface area contributed by atoms with E-state index in [0.717, 1.165) is 23.9 Å². The van der Waals surface area contributed by atoms with E-state index in [-0.39, 0.29) is 12.1 Å². The quantitative estimate of drug-likeness (QED) is 0.786. The van der Waals surface area contributed by atoms with Crippen molar-refractivity contribution in [3.05, 3.63) is 60.2 Å². The molecule has 0 radical (unpaired) electrons. The summed E-state index contributed by atoms with van der Waals surface area (Å²) in [5.41, 5.74) is 2.40. The standard InChI is InChI=1S/C17H18N4O/c1-2-8-16(18-17(22)13-9-4-3-5-10-13)21-15-12-7-6-11-14(15)19-20-21/h3-7,9-12,16H,2,8H2,1H3,(H,18,22). The number of fused-ring (bicyclic) bond motifs is 1. The summed E-state index contributed by atoms with van der Waals surface area (Å²) in [6.45, 7) is 2.08. The van der Waals surface area contributed by atoms with E-state index in [0.29, 0.717) is 5.56 Å². The first-order chi connectivity index (χ1) is 10.8. The smallest absolute Gasteiger partial charge is 0.252 e. The van der Waals surface area contributed by atoms with Crippen LogP contribution >= 0.6 is 0 Å². The van der Waals surface area contributed by atoms with E-state index in [1.54, 1.807) is 16.8 Å². The molecule has 1 N–H and O–H groups in total. The van der Waals surface area contributed by atoms with Crippen LogP contribution in [0.3, 0.4) is 0 Å². The third kappa shape index (κ3) is 2.83. The van der Waals surface area contributed by atoms with Gasteiger partial charge in [0.05, 0.1) is 5.52 Å². The molecule has 1 atom stereocenters. The Morgan fingerprint density at radius 3 is 2.64 bits per heavy atom. The molecule has 1 aromatic heterocycles. The molecule has 0 aliphatic carbocycles. The van der Waals surface area contributed by atoms with E-state index in [1.165, 1.54) is 0 Å². The van der Waals surface area contributed by atoms with Crippen molar-refractivity contribution in [3.63, 3.8) is 0 Å². The Bertz CT molecular complexity index is 766. The number of hydrogen-bond acceptors (Lipinski definition) is 3. The number of para-hydroxylation sites is 1. The number of benzene rings is 2. The lowest BCUT2D eigenvalue weighted by Crippen LogP contribution is -2.33. The van der Waals surface area contributed by atoms with Gasteiger partial charge < -0.3 is 5.32 Å². The fraction of sp³-hybridized carbons (Fsp3) is 0.235. The molecule has 0 saturated carbocycles. The maximum Gasteiger partial charge on any atom is 0.252 e. The number of carbonyl (C=O) groups excluding carboxylic acids is 1. The second-order valence-corrected chi connectivity index (χ2v) is 5.17. The zero-order valence-corrected chi connectivity index (χ0v) is 12.4. The summed E-state index contributed by atoms with van der Waals surface area (Å²) in [4.78, 5) is 12.4. The number of aromatic nitrogens is 3. The summed E-state index contributed by atoms with van der Waals surface area (Å²) in [7, 11) is 0. The van der Waals surface area contributed by atoms with Crippen LogP contribution in [0.4, 0.5) is 0 Å². The van der Waals surface area contributed by atoms with Crippen LogP contribution in [0.25, 0.3) is 11.0 Å². The van der Waals surface area contributed by atoms with Gasteiger partial charge in [-0.1, -0.05) is 48.9 Å². The number of hydrogen-bond donors (Lipinski definition) is 1. The summed E-state index contributed by atoms with van der Waals surface area (Å²) in [6.07, 6.45) is 1.53. The molecule has 0 saturated heterocycles. The highest BCUT2D eigenvalue weighted by Gasteiger charge is 2.17. The summed E-state index contributed by atoms with van der Waals surface area (Å²) in [5.74, 6) is -0.0985. The summed E-state index contributed by atoms with van der Waals surface area (Å²) >= 11 is 0. The van der Waals surface area contributed by atoms with Crippen LogP contribution in [-0.2, 0) is 0 Å². The maximum atomic E-state index is 12.4. The SMILES string of the molecule is CCCC(NC(=O)c1ccccc1)n1nnc2ccccc21. The van der Waals surface area contributed by atoms with Gasteiger partial charge in [-0.2, -0.15) is 0 Å². The van der Waals surface area contributed by atoms with Crippen LogP contribution in [-0.4, -0.2) is 20.9 Å². The van der Waals surface area contributed by atoms with Gasteiger partial charge in [-0.25, -0.2) is 4.68 Å². The van der Waals surface area contributed by atoms with Crippen molar-refractivity contribution in [1.82, 2.24) is 20.3 Å². The zero-order chi connectivity index (χ0) is 15.4. The Balaban J connectivity index is 1.88. The molecule has 22 heavy (non-hydrogen) atoms. The molecule has 0 aliphatic rings. The maximum absolute atomic E-state index is 12.4. The lowest BCUT2D eigenvalue weighted by Gasteiger charge is -2.19. The third-order valence-corrected chi connectivity index (χ3v) is 3.57. The molecule has 3 aromatic rings. The van der Waals surface area contributed by atoms with Crippen LogP contribution in [0.1, 0.15) is 36.3 Å². The lowest BCUT2D eigenvalue weighted by atomic mass is 10.2. The minimum Gasteiger partial charge on any atom is -0.330 e. The minimum absolute atomic E-state index is 0.0985. The van der Waals surface area contributed by atoms with Crippen molar-refractivity contribution >= 4 is 16.9 Å². The average molecular weight is 294 g/mol. The van der Waals surface area contributed by atoms with E-state index >= 15 is 0 Å². The molecule has 1 heterocycles. The Kier molecular flexibility index (Phi) is 4.14. The Hall–Kier alpha value is -2.69. The first kappa shape index (κ1) is 14.3. The van der Waals surface area contributed by atoms with Crippen LogP contribution in [0, 0.1) is 0 Å². The predicted molar refractivity (Wildman–Crippen MR) is 85.4 cm³/mol. The fourth-order valence-electron chi connectivity index (χ4n) is 2.47. The van der Waals surface area contributed by atoms with Crippen molar-refractivity contribution in [3.8, 4) is 0 Å². The number of nitrogens with zero attached hydrogens (tertiary/aromatic N) is 3. The van der Waals surface area contributed by atoms with Crippen LogP contribution < -0.4 is 5.32 Å². The van der Waals surface area contributed by atoms with Crippen LogP contribution in [0.15, 0.2) is 54.6 Å². The number of nitrogens with one attached hydrogen (secondary N) is 1. The van der Waals surface area contributed by atoms with E-state index in [9.17, 15) is 4.79 Å². The largest absolute Gasteiger partial charge is 0.330 e. The molecule has 0 fully saturated rings. The summed E-state index contributed by atoms with van der Waals surface area (Å²) in [5, 5.41) is 11.4. The Morgan fingerprint density at radius 2 is 1.86 bits per heavy atom. The van der Waals surface area contributed by atoms with Gasteiger partial charge in [0, 0.05) is 5.56 Å². The van der Waals surface area contributed by atoms with E-state index in [1.807, 2.05) is 42.5 Å². The first-order valence-corrected chi connectivity index (χ1v) is 7.45. The highest BCUT2D eigenvalue weighted by molar-refractivity contribution is 5.94. The van der Waals surface area contributed by atoms with Gasteiger partial charge in [-0.05, 0) is 30.7 Å². The van der Waals surface area contributed by atoms with Crippen molar-refractivity contribution in [1.29, 1.82) is 0 Å². The summed E-state index contributed by atoms with van der Waals surface area (Å²) in [6, 6.07) is 17.0. The molecule has 1 amide bonds. The fourth-order valence-corrected chi connectivity index (χ4v) is 2.47. The number of amides is 1. The van der Waals surface area contributed by atoms with E-state index in [2.05, 4.69) is 22.6 Å². The molecule has 2 aromatic carbocycles. The predicted octanol–water partition coefficient (Wildman–Crippen LogP) is 3.16. The molecule has 0 aliphatic heterocycles. The first-order valence-electron chi connectivity index (χ1n) is 7.45. The number of carbonyl (C=O) groups is 1. The second kappa shape index (κ2) is 6.39. The Morgan fingerprint density at radius 1 is 1.14 bits per heavy atom. The van der Waals surface area contributed by atoms with Crippen molar-refractivity contribution in [2.24, 2.45) is 0 Å². The van der Waals surface area contributed by atoms with E-state index < -0.39 is 0 Å². The van der Waals surface area contributed by atoms with Gasteiger partial charge in [0.2, 0.25) is 0 Å². The number of rotatable bonds is 5. The molecule has 5 nitrogen and oxygen atoms in total. The summed E-state index contributed by atoms with van der Waals surface area (Å²) < 4.78 is 1.79. The van der Waals surface area contributed by atoms with Gasteiger partial charge in [0.1, 0.15) is 11.7 Å². The van der Waals surface area contributed by atoms with Crippen LogP contribution in [0.2, 0.25) is 0 Å². The minimum atomic E-state index is -0.204. The van der Waals surface area contributed by atoms with Crippen molar-refractivity contribution in [2.45, 2.75) is 25.9 Å². The molecular formula is C17H18N4O. The van der Waals surface area contributed by atoms with Crippen molar-refractivity contribution in [2.75, 3.05) is 0 Å². The van der Waals surface area contributed by atoms with Gasteiger partial charge in [-0.15, -0.1) is 5.10 Å². The second-order valence-electron chi connectivity index (χ2n) is 5.17. The zero-order valence-electron chi connectivity index (χ0n) is 12.4. The topological polar surface area (TPSA) is 59.8 Å². The molecular weight excluding hydrogens is 276 g/mol. The van der Waals surface area contributed by atoms with Crippen LogP contribution in [0.5, 0.6) is 0 Å². The molecule has 112 valence electrons. The van der Waals surface area contributed by atoms with E-state index in [4.69, 9.17) is 0 Å². The van der Waals surface area contributed by atoms with Crippen molar-refractivity contribution < 1.29 is 4.79 Å². The molecule has 5 heteroatoms. The molecule has 0 bridgehead atoms. The normalized spacial score (nSPS) is 12.2. The highest BCUT2D eigenvalue weighted by Crippen LogP contribution is 2.18. The molecule has 0 spiro atoms. The highest BCUT2D eigenvalue weighted by atomic mass is 16.1. The molecule has 1 unspecified atom stereocenters. The van der Waals surface area contributed by atoms with Gasteiger partial charge in [0.25, 0.3) is 5.91 Å².